The predicted molar refractivity (Wildman–Crippen MR) is 68.2 cm³/mol. The quantitative estimate of drug-likeness (QED) is 0.820. The Morgan fingerprint density at radius 2 is 2.17 bits per heavy atom. The number of morpholine rings is 1. The minimum Gasteiger partial charge on any atom is -0.478 e. The summed E-state index contributed by atoms with van der Waals surface area (Å²) in [5, 5.41) is 8.91. The van der Waals surface area contributed by atoms with Crippen molar-refractivity contribution in [1.82, 2.24) is 4.90 Å². The van der Waals surface area contributed by atoms with Crippen molar-refractivity contribution in [1.29, 1.82) is 0 Å². The van der Waals surface area contributed by atoms with E-state index in [1.807, 2.05) is 18.2 Å². The van der Waals surface area contributed by atoms with Gasteiger partial charge in [0.2, 0.25) is 0 Å². The molecule has 1 saturated heterocycles. The van der Waals surface area contributed by atoms with Gasteiger partial charge in [0.1, 0.15) is 6.10 Å². The summed E-state index contributed by atoms with van der Waals surface area (Å²) in [5.74, 6) is -0.985. The molecule has 18 heavy (non-hydrogen) atoms. The molecule has 2 rings (SSSR count). The Morgan fingerprint density at radius 1 is 1.44 bits per heavy atom. The molecule has 1 fully saturated rings. The lowest BCUT2D eigenvalue weighted by molar-refractivity contribution is -0.135. The topological polar surface area (TPSA) is 49.8 Å². The molecule has 4 nitrogen and oxygen atoms in total. The van der Waals surface area contributed by atoms with Crippen molar-refractivity contribution in [2.24, 2.45) is 0 Å². The molecule has 0 bridgehead atoms. The van der Waals surface area contributed by atoms with Gasteiger partial charge in [-0.2, -0.15) is 0 Å². The van der Waals surface area contributed by atoms with E-state index in [1.165, 1.54) is 5.56 Å². The minimum atomic E-state index is -0.985. The van der Waals surface area contributed by atoms with Crippen LogP contribution in [0.5, 0.6) is 0 Å². The number of hydrogen-bond acceptors (Lipinski definition) is 3. The summed E-state index contributed by atoms with van der Waals surface area (Å²) in [7, 11) is 0. The number of benzene rings is 1. The Bertz CT molecular complexity index is 430. The van der Waals surface area contributed by atoms with Crippen LogP contribution in [0.2, 0.25) is 0 Å². The van der Waals surface area contributed by atoms with Crippen molar-refractivity contribution in [3.63, 3.8) is 0 Å². The molecule has 96 valence electrons. The number of hydrogen-bond donors (Lipinski definition) is 1. The van der Waals surface area contributed by atoms with E-state index in [1.54, 1.807) is 0 Å². The zero-order valence-electron chi connectivity index (χ0n) is 10.2. The maximum atomic E-state index is 10.9. The van der Waals surface area contributed by atoms with E-state index in [2.05, 4.69) is 23.6 Å². The molecule has 1 aromatic rings. The van der Waals surface area contributed by atoms with E-state index in [4.69, 9.17) is 9.84 Å². The molecular weight excluding hydrogens is 230 g/mol. The molecule has 1 atom stereocenters. The Kier molecular flexibility index (Phi) is 4.12. The lowest BCUT2D eigenvalue weighted by atomic mass is 10.1. The fourth-order valence-corrected chi connectivity index (χ4v) is 2.04. The second-order valence-electron chi connectivity index (χ2n) is 4.41. The van der Waals surface area contributed by atoms with Crippen LogP contribution in [0.4, 0.5) is 0 Å². The number of carboxylic acids is 1. The largest absolute Gasteiger partial charge is 0.478 e. The molecule has 0 aromatic heterocycles. The number of carboxylic acid groups (broad SMARTS) is 1. The van der Waals surface area contributed by atoms with Crippen LogP contribution in [0.15, 0.2) is 42.5 Å². The van der Waals surface area contributed by atoms with Crippen molar-refractivity contribution >= 4 is 5.97 Å². The summed E-state index contributed by atoms with van der Waals surface area (Å²) >= 11 is 0. The Balaban J connectivity index is 1.95. The highest BCUT2D eigenvalue weighted by atomic mass is 16.5. The van der Waals surface area contributed by atoms with Gasteiger partial charge >= 0.3 is 5.97 Å². The Hall–Kier alpha value is -1.65. The van der Waals surface area contributed by atoms with Crippen LogP contribution in [-0.2, 0) is 16.1 Å². The molecule has 4 heteroatoms. The fraction of sp³-hybridized carbons (Fsp3) is 0.357. The number of carbonyl (C=O) groups is 1. The molecule has 1 aliphatic heterocycles. The zero-order chi connectivity index (χ0) is 13.0. The highest BCUT2D eigenvalue weighted by Gasteiger charge is 2.25. The van der Waals surface area contributed by atoms with Crippen LogP contribution in [0, 0.1) is 0 Å². The summed E-state index contributed by atoms with van der Waals surface area (Å²) in [6.07, 6.45) is -0.403. The highest BCUT2D eigenvalue weighted by Crippen LogP contribution is 2.15. The van der Waals surface area contributed by atoms with E-state index in [9.17, 15) is 4.79 Å². The first-order chi connectivity index (χ1) is 8.66. The van der Waals surface area contributed by atoms with Gasteiger partial charge < -0.3 is 9.84 Å². The third-order valence-corrected chi connectivity index (χ3v) is 3.06. The molecule has 0 saturated carbocycles. The van der Waals surface area contributed by atoms with Crippen molar-refractivity contribution in [2.75, 3.05) is 19.7 Å². The standard InChI is InChI=1S/C14H17NO3/c1-11(14(16)17)13-10-15(7-8-18-13)9-12-5-3-2-4-6-12/h2-6,13H,1,7-10H2,(H,16,17). The van der Waals surface area contributed by atoms with E-state index in [0.29, 0.717) is 13.2 Å². The first-order valence-corrected chi connectivity index (χ1v) is 5.97. The summed E-state index contributed by atoms with van der Waals surface area (Å²) < 4.78 is 5.45. The number of rotatable bonds is 4. The van der Waals surface area contributed by atoms with Crippen LogP contribution >= 0.6 is 0 Å². The molecule has 1 N–H and O–H groups in total. The second-order valence-corrected chi connectivity index (χ2v) is 4.41. The van der Waals surface area contributed by atoms with E-state index >= 15 is 0 Å². The highest BCUT2D eigenvalue weighted by molar-refractivity contribution is 5.87. The van der Waals surface area contributed by atoms with Gasteiger partial charge in [-0.05, 0) is 5.56 Å². The molecule has 0 spiro atoms. The monoisotopic (exact) mass is 247 g/mol. The summed E-state index contributed by atoms with van der Waals surface area (Å²) in [6.45, 7) is 6.33. The van der Waals surface area contributed by atoms with Crippen LogP contribution in [-0.4, -0.2) is 41.8 Å². The first kappa shape index (κ1) is 12.8. The molecular formula is C14H17NO3. The van der Waals surface area contributed by atoms with Crippen LogP contribution in [0.1, 0.15) is 5.56 Å². The van der Waals surface area contributed by atoms with Gasteiger partial charge in [-0.3, -0.25) is 4.90 Å². The van der Waals surface area contributed by atoms with Gasteiger partial charge in [0, 0.05) is 19.6 Å². The lowest BCUT2D eigenvalue weighted by Crippen LogP contribution is -2.43. The summed E-state index contributed by atoms with van der Waals surface area (Å²) in [5.41, 5.74) is 1.35. The molecule has 0 radical (unpaired) electrons. The molecule has 1 aliphatic rings. The molecule has 0 aliphatic carbocycles. The van der Waals surface area contributed by atoms with E-state index in [0.717, 1.165) is 13.1 Å². The fourth-order valence-electron chi connectivity index (χ4n) is 2.04. The maximum absolute atomic E-state index is 10.9. The van der Waals surface area contributed by atoms with Crippen molar-refractivity contribution < 1.29 is 14.6 Å². The molecule has 1 aromatic carbocycles. The van der Waals surface area contributed by atoms with Gasteiger partial charge in [-0.25, -0.2) is 4.79 Å². The van der Waals surface area contributed by atoms with Crippen molar-refractivity contribution in [3.05, 3.63) is 48.0 Å². The Labute approximate surface area is 106 Å². The first-order valence-electron chi connectivity index (χ1n) is 5.97. The van der Waals surface area contributed by atoms with Crippen LogP contribution in [0.25, 0.3) is 0 Å². The van der Waals surface area contributed by atoms with Gasteiger partial charge in [0.25, 0.3) is 0 Å². The zero-order valence-corrected chi connectivity index (χ0v) is 10.2. The third kappa shape index (κ3) is 3.18. The minimum absolute atomic E-state index is 0.132. The molecule has 1 heterocycles. The van der Waals surface area contributed by atoms with Crippen molar-refractivity contribution in [2.45, 2.75) is 12.6 Å². The SMILES string of the molecule is C=C(C(=O)O)C1CN(Cc2ccccc2)CCO1. The number of aliphatic carboxylic acids is 1. The average Bonchev–Trinajstić information content (AvgIpc) is 2.39. The van der Waals surface area contributed by atoms with Gasteiger partial charge in [-0.15, -0.1) is 0 Å². The Morgan fingerprint density at radius 3 is 2.83 bits per heavy atom. The number of nitrogens with zero attached hydrogens (tertiary/aromatic N) is 1. The van der Waals surface area contributed by atoms with Gasteiger partial charge in [0.05, 0.1) is 12.2 Å². The summed E-state index contributed by atoms with van der Waals surface area (Å²) in [6, 6.07) is 10.1. The lowest BCUT2D eigenvalue weighted by Gasteiger charge is -2.32. The van der Waals surface area contributed by atoms with E-state index in [-0.39, 0.29) is 5.57 Å². The average molecular weight is 247 g/mol. The van der Waals surface area contributed by atoms with Gasteiger partial charge in [0.15, 0.2) is 0 Å². The third-order valence-electron chi connectivity index (χ3n) is 3.06. The molecule has 1 unspecified atom stereocenters. The number of ether oxygens (including phenoxy) is 1. The van der Waals surface area contributed by atoms with Crippen LogP contribution < -0.4 is 0 Å². The van der Waals surface area contributed by atoms with Crippen LogP contribution in [0.3, 0.4) is 0 Å². The van der Waals surface area contributed by atoms with Gasteiger partial charge in [-0.1, -0.05) is 36.9 Å². The van der Waals surface area contributed by atoms with Crippen molar-refractivity contribution in [3.8, 4) is 0 Å². The summed E-state index contributed by atoms with van der Waals surface area (Å²) in [4.78, 5) is 13.1. The van der Waals surface area contributed by atoms with E-state index < -0.39 is 12.1 Å². The smallest absolute Gasteiger partial charge is 0.333 e. The second kappa shape index (κ2) is 5.80. The molecule has 0 amide bonds. The predicted octanol–water partition coefficient (Wildman–Crippen LogP) is 1.53. The maximum Gasteiger partial charge on any atom is 0.333 e. The normalized spacial score (nSPS) is 20.6.